The molecule has 21 heavy (non-hydrogen) atoms. The van der Waals surface area contributed by atoms with Crippen LogP contribution < -0.4 is 10.6 Å². The second-order valence-corrected chi connectivity index (χ2v) is 8.82. The fourth-order valence-electron chi connectivity index (χ4n) is 6.22. The lowest BCUT2D eigenvalue weighted by Gasteiger charge is -2.57. The second-order valence-electron chi connectivity index (χ2n) is 8.82. The smallest absolute Gasteiger partial charge is 0.240 e. The van der Waals surface area contributed by atoms with Gasteiger partial charge in [-0.25, -0.2) is 0 Å². The normalized spacial score (nSPS) is 48.3. The van der Waals surface area contributed by atoms with Gasteiger partial charge in [-0.2, -0.15) is 0 Å². The summed E-state index contributed by atoms with van der Waals surface area (Å²) in [6.07, 6.45) is 11.9. The van der Waals surface area contributed by atoms with Crippen LogP contribution in [0.25, 0.3) is 0 Å². The minimum Gasteiger partial charge on any atom is -0.354 e. The average molecular weight is 290 g/mol. The van der Waals surface area contributed by atoms with Gasteiger partial charge < -0.3 is 10.6 Å². The van der Waals surface area contributed by atoms with Crippen LogP contribution in [0.3, 0.4) is 0 Å². The van der Waals surface area contributed by atoms with Crippen LogP contribution in [0.1, 0.15) is 64.7 Å². The van der Waals surface area contributed by atoms with Gasteiger partial charge in [0, 0.05) is 6.54 Å². The predicted octanol–water partition coefficient (Wildman–Crippen LogP) is 2.85. The van der Waals surface area contributed by atoms with E-state index in [-0.39, 0.29) is 11.4 Å². The summed E-state index contributed by atoms with van der Waals surface area (Å²) in [5, 5.41) is 6.79. The van der Waals surface area contributed by atoms with E-state index in [1.165, 1.54) is 51.4 Å². The SMILES string of the molecule is CC1(C(=O)NCC23CC4CC(CC(C4)C2)C3)CCCCN1. The second kappa shape index (κ2) is 4.97. The van der Waals surface area contributed by atoms with E-state index in [1.807, 2.05) is 0 Å². The lowest BCUT2D eigenvalue weighted by atomic mass is 9.49. The average Bonchev–Trinajstić information content (AvgIpc) is 2.44. The third-order valence-electron chi connectivity index (χ3n) is 6.91. The minimum absolute atomic E-state index is 0.248. The molecule has 0 spiro atoms. The van der Waals surface area contributed by atoms with Crippen molar-refractivity contribution in [2.75, 3.05) is 13.1 Å². The number of rotatable bonds is 3. The molecule has 0 radical (unpaired) electrons. The summed E-state index contributed by atoms with van der Waals surface area (Å²) in [4.78, 5) is 12.6. The first kappa shape index (κ1) is 14.0. The number of piperidine rings is 1. The van der Waals surface area contributed by atoms with Crippen LogP contribution in [0.15, 0.2) is 0 Å². The zero-order valence-electron chi connectivity index (χ0n) is 13.4. The highest BCUT2D eigenvalue weighted by atomic mass is 16.2. The van der Waals surface area contributed by atoms with Crippen LogP contribution in [0, 0.1) is 23.2 Å². The Balaban J connectivity index is 1.39. The van der Waals surface area contributed by atoms with Crippen molar-refractivity contribution in [3.05, 3.63) is 0 Å². The van der Waals surface area contributed by atoms with E-state index in [2.05, 4.69) is 17.6 Å². The molecule has 0 aromatic heterocycles. The van der Waals surface area contributed by atoms with Gasteiger partial charge in [0.1, 0.15) is 0 Å². The maximum absolute atomic E-state index is 12.6. The number of hydrogen-bond acceptors (Lipinski definition) is 2. The number of amides is 1. The fraction of sp³-hybridized carbons (Fsp3) is 0.944. The largest absolute Gasteiger partial charge is 0.354 e. The van der Waals surface area contributed by atoms with Gasteiger partial charge in [-0.15, -0.1) is 0 Å². The minimum atomic E-state index is -0.319. The molecule has 118 valence electrons. The van der Waals surface area contributed by atoms with E-state index in [4.69, 9.17) is 0 Å². The molecule has 3 nitrogen and oxygen atoms in total. The Bertz CT molecular complexity index is 390. The molecule has 2 N–H and O–H groups in total. The van der Waals surface area contributed by atoms with Crippen molar-refractivity contribution in [1.82, 2.24) is 10.6 Å². The molecule has 5 aliphatic rings. The van der Waals surface area contributed by atoms with Crippen LogP contribution in [-0.4, -0.2) is 24.5 Å². The molecule has 1 amide bonds. The Morgan fingerprint density at radius 3 is 2.24 bits per heavy atom. The standard InChI is InChI=1S/C18H30N2O/c1-17(4-2-3-5-20-17)16(21)19-12-18-9-13-6-14(10-18)8-15(7-13)11-18/h13-15,20H,2-12H2,1H3,(H,19,21). The van der Waals surface area contributed by atoms with Crippen molar-refractivity contribution in [2.45, 2.75) is 70.3 Å². The van der Waals surface area contributed by atoms with Crippen LogP contribution in [0.4, 0.5) is 0 Å². The Morgan fingerprint density at radius 2 is 1.71 bits per heavy atom. The van der Waals surface area contributed by atoms with Gasteiger partial charge in [0.15, 0.2) is 0 Å². The summed E-state index contributed by atoms with van der Waals surface area (Å²) in [6.45, 7) is 4.01. The molecule has 1 aliphatic heterocycles. The number of nitrogens with one attached hydrogen (secondary N) is 2. The van der Waals surface area contributed by atoms with Gasteiger partial charge in [-0.3, -0.25) is 4.79 Å². The lowest BCUT2D eigenvalue weighted by molar-refractivity contribution is -0.130. The van der Waals surface area contributed by atoms with Crippen LogP contribution in [0.2, 0.25) is 0 Å². The molecule has 4 saturated carbocycles. The fourth-order valence-corrected chi connectivity index (χ4v) is 6.22. The number of hydrogen-bond donors (Lipinski definition) is 2. The third-order valence-corrected chi connectivity index (χ3v) is 6.91. The molecule has 0 aromatic rings. The molecule has 1 saturated heterocycles. The van der Waals surface area contributed by atoms with E-state index >= 15 is 0 Å². The van der Waals surface area contributed by atoms with Crippen LogP contribution in [0.5, 0.6) is 0 Å². The molecular formula is C18H30N2O. The van der Waals surface area contributed by atoms with Crippen molar-refractivity contribution < 1.29 is 4.79 Å². The highest BCUT2D eigenvalue weighted by Crippen LogP contribution is 2.59. The van der Waals surface area contributed by atoms with Crippen molar-refractivity contribution in [1.29, 1.82) is 0 Å². The molecule has 1 heterocycles. The van der Waals surface area contributed by atoms with Crippen molar-refractivity contribution >= 4 is 5.91 Å². The monoisotopic (exact) mass is 290 g/mol. The van der Waals surface area contributed by atoms with Gasteiger partial charge in [0.25, 0.3) is 0 Å². The molecule has 5 fully saturated rings. The maximum Gasteiger partial charge on any atom is 0.240 e. The summed E-state index contributed by atoms with van der Waals surface area (Å²) < 4.78 is 0. The molecule has 4 bridgehead atoms. The van der Waals surface area contributed by atoms with Crippen LogP contribution >= 0.6 is 0 Å². The van der Waals surface area contributed by atoms with Crippen LogP contribution in [-0.2, 0) is 4.79 Å². The highest BCUT2D eigenvalue weighted by molar-refractivity contribution is 5.86. The van der Waals surface area contributed by atoms with Gasteiger partial charge in [0.05, 0.1) is 5.54 Å². The summed E-state index contributed by atoms with van der Waals surface area (Å²) in [5.74, 6) is 3.16. The lowest BCUT2D eigenvalue weighted by Crippen LogP contribution is -2.59. The van der Waals surface area contributed by atoms with Crippen molar-refractivity contribution in [2.24, 2.45) is 23.2 Å². The highest BCUT2D eigenvalue weighted by Gasteiger charge is 2.51. The maximum atomic E-state index is 12.6. The van der Waals surface area contributed by atoms with Crippen molar-refractivity contribution in [3.8, 4) is 0 Å². The zero-order valence-corrected chi connectivity index (χ0v) is 13.4. The summed E-state index contributed by atoms with van der Waals surface area (Å²) >= 11 is 0. The molecule has 0 aromatic carbocycles. The molecule has 3 heteroatoms. The van der Waals surface area contributed by atoms with E-state index in [9.17, 15) is 4.79 Å². The summed E-state index contributed by atoms with van der Waals surface area (Å²) in [5.41, 5.74) is 0.135. The molecular weight excluding hydrogens is 260 g/mol. The Kier molecular flexibility index (Phi) is 3.33. The predicted molar refractivity (Wildman–Crippen MR) is 83.9 cm³/mol. The zero-order chi connectivity index (χ0) is 14.5. The van der Waals surface area contributed by atoms with E-state index in [0.717, 1.165) is 37.3 Å². The first-order chi connectivity index (χ1) is 10.1. The Hall–Kier alpha value is -0.570. The van der Waals surface area contributed by atoms with Gasteiger partial charge in [-0.05, 0) is 94.4 Å². The van der Waals surface area contributed by atoms with Gasteiger partial charge >= 0.3 is 0 Å². The van der Waals surface area contributed by atoms with E-state index < -0.39 is 0 Å². The number of carbonyl (C=O) groups is 1. The van der Waals surface area contributed by atoms with Gasteiger partial charge in [0.2, 0.25) is 5.91 Å². The first-order valence-corrected chi connectivity index (χ1v) is 9.10. The first-order valence-electron chi connectivity index (χ1n) is 9.10. The van der Waals surface area contributed by atoms with E-state index in [1.54, 1.807) is 0 Å². The van der Waals surface area contributed by atoms with E-state index in [0.29, 0.717) is 5.41 Å². The Morgan fingerprint density at radius 1 is 1.10 bits per heavy atom. The molecule has 4 aliphatic carbocycles. The summed E-state index contributed by atoms with van der Waals surface area (Å²) in [6, 6.07) is 0. The molecule has 1 unspecified atom stereocenters. The molecule has 1 atom stereocenters. The Labute approximate surface area is 128 Å². The molecule has 5 rings (SSSR count). The van der Waals surface area contributed by atoms with Gasteiger partial charge in [-0.1, -0.05) is 0 Å². The third kappa shape index (κ3) is 2.52. The topological polar surface area (TPSA) is 41.1 Å². The summed E-state index contributed by atoms with van der Waals surface area (Å²) in [7, 11) is 0. The number of carbonyl (C=O) groups excluding carboxylic acids is 1. The quantitative estimate of drug-likeness (QED) is 0.839. The van der Waals surface area contributed by atoms with Crippen molar-refractivity contribution in [3.63, 3.8) is 0 Å².